The van der Waals surface area contributed by atoms with E-state index in [1.807, 2.05) is 61.5 Å². The van der Waals surface area contributed by atoms with Crippen molar-refractivity contribution < 1.29 is 18.7 Å². The largest absolute Gasteiger partial charge is 0.356 e. The Morgan fingerprint density at radius 3 is 2.59 bits per heavy atom. The van der Waals surface area contributed by atoms with E-state index < -0.39 is 30.0 Å². The van der Waals surface area contributed by atoms with Crippen molar-refractivity contribution in [1.29, 1.82) is 0 Å². The lowest BCUT2D eigenvalue weighted by molar-refractivity contribution is -0.117. The molecule has 4 aromatic rings. The van der Waals surface area contributed by atoms with Crippen LogP contribution in [0.5, 0.6) is 0 Å². The fourth-order valence-electron chi connectivity index (χ4n) is 4.78. The Labute approximate surface area is 224 Å². The number of para-hydroxylation sites is 1. The molecule has 2 atom stereocenters. The fourth-order valence-corrected chi connectivity index (χ4v) is 4.78. The van der Waals surface area contributed by atoms with E-state index in [-0.39, 0.29) is 11.1 Å². The number of aryl methyl sites for hydroxylation is 1. The first kappa shape index (κ1) is 24.7. The highest BCUT2D eigenvalue weighted by Gasteiger charge is 2.32. The Morgan fingerprint density at radius 1 is 1.10 bits per heavy atom. The second kappa shape index (κ2) is 10.3. The third-order valence-electron chi connectivity index (χ3n) is 6.95. The molecule has 2 amide bonds. The van der Waals surface area contributed by atoms with Crippen molar-refractivity contribution in [1.82, 2.24) is 15.1 Å². The van der Waals surface area contributed by atoms with E-state index >= 15 is 4.39 Å². The minimum Gasteiger partial charge on any atom is -0.356 e. The minimum atomic E-state index is -1.23. The van der Waals surface area contributed by atoms with Crippen molar-refractivity contribution in [2.75, 3.05) is 11.9 Å². The molecule has 0 spiro atoms. The molecule has 3 heterocycles. The molecule has 2 aliphatic heterocycles. The molecule has 3 aromatic carbocycles. The molecular formula is C30H26FN5O3. The van der Waals surface area contributed by atoms with E-state index in [9.17, 15) is 9.59 Å². The van der Waals surface area contributed by atoms with Crippen molar-refractivity contribution in [3.05, 3.63) is 107 Å². The van der Waals surface area contributed by atoms with Crippen LogP contribution in [0.2, 0.25) is 0 Å². The maximum Gasteiger partial charge on any atom is 0.269 e. The number of aliphatic imine (C=N–C) groups is 1. The molecule has 6 rings (SSSR count). The number of nitrogens with one attached hydrogen (secondary N) is 2. The SMILES string of the molecule is CCc1ccc(-c2c(C(=O)N[C@H]3N=C(c4ccccc4)c4ccccc4NC3=O)cnn2C2CCO2)c(F)c1. The summed E-state index contributed by atoms with van der Waals surface area (Å²) in [6, 6.07) is 21.7. The monoisotopic (exact) mass is 523 g/mol. The number of aromatic nitrogens is 2. The number of benzene rings is 3. The Kier molecular flexibility index (Phi) is 6.50. The molecule has 2 aliphatic rings. The van der Waals surface area contributed by atoms with Crippen LogP contribution >= 0.6 is 0 Å². The van der Waals surface area contributed by atoms with Crippen molar-refractivity contribution in [3.8, 4) is 11.3 Å². The van der Waals surface area contributed by atoms with Gasteiger partial charge in [-0.05, 0) is 30.2 Å². The number of ether oxygens (including phenoxy) is 1. The number of benzodiazepines with no additional fused rings is 1. The molecule has 0 aliphatic carbocycles. The summed E-state index contributed by atoms with van der Waals surface area (Å²) < 4.78 is 22.4. The van der Waals surface area contributed by atoms with Crippen LogP contribution < -0.4 is 10.6 Å². The van der Waals surface area contributed by atoms with E-state index in [4.69, 9.17) is 9.73 Å². The lowest BCUT2D eigenvalue weighted by Gasteiger charge is -2.28. The predicted octanol–water partition coefficient (Wildman–Crippen LogP) is 4.72. The second-order valence-corrected chi connectivity index (χ2v) is 9.39. The summed E-state index contributed by atoms with van der Waals surface area (Å²) in [6.07, 6.45) is 1.12. The molecule has 1 saturated heterocycles. The molecule has 1 unspecified atom stereocenters. The van der Waals surface area contributed by atoms with Crippen LogP contribution in [0.3, 0.4) is 0 Å². The topological polar surface area (TPSA) is 97.6 Å². The highest BCUT2D eigenvalue weighted by molar-refractivity contribution is 6.20. The normalized spacial score (nSPS) is 18.3. The molecule has 2 N–H and O–H groups in total. The van der Waals surface area contributed by atoms with Crippen LogP contribution in [0.4, 0.5) is 10.1 Å². The van der Waals surface area contributed by atoms with Gasteiger partial charge >= 0.3 is 0 Å². The zero-order valence-electron chi connectivity index (χ0n) is 21.2. The van der Waals surface area contributed by atoms with Crippen molar-refractivity contribution in [3.63, 3.8) is 0 Å². The summed E-state index contributed by atoms with van der Waals surface area (Å²) in [5.74, 6) is -1.55. The molecule has 8 nitrogen and oxygen atoms in total. The quantitative estimate of drug-likeness (QED) is 0.382. The fraction of sp³-hybridized carbons (Fsp3) is 0.200. The molecule has 1 aromatic heterocycles. The van der Waals surface area contributed by atoms with E-state index in [1.54, 1.807) is 12.1 Å². The van der Waals surface area contributed by atoms with Gasteiger partial charge in [0.25, 0.3) is 11.8 Å². The molecule has 1 fully saturated rings. The van der Waals surface area contributed by atoms with Crippen LogP contribution in [0.1, 0.15) is 46.6 Å². The highest BCUT2D eigenvalue weighted by Crippen LogP contribution is 2.34. The number of nitrogens with zero attached hydrogens (tertiary/aromatic N) is 3. The molecule has 196 valence electrons. The summed E-state index contributed by atoms with van der Waals surface area (Å²) in [4.78, 5) is 31.6. The van der Waals surface area contributed by atoms with Crippen molar-refractivity contribution in [2.24, 2.45) is 4.99 Å². The van der Waals surface area contributed by atoms with Gasteiger partial charge in [-0.2, -0.15) is 5.10 Å². The van der Waals surface area contributed by atoms with Crippen LogP contribution in [0.25, 0.3) is 11.3 Å². The zero-order valence-corrected chi connectivity index (χ0v) is 21.2. The number of halogens is 1. The minimum absolute atomic E-state index is 0.125. The van der Waals surface area contributed by atoms with Gasteiger partial charge in [0, 0.05) is 23.1 Å². The summed E-state index contributed by atoms with van der Waals surface area (Å²) >= 11 is 0. The molecule has 0 bridgehead atoms. The maximum atomic E-state index is 15.3. The van der Waals surface area contributed by atoms with E-state index in [1.165, 1.54) is 16.9 Å². The number of carbonyl (C=O) groups is 2. The lowest BCUT2D eigenvalue weighted by atomic mass is 10.0. The number of hydrogen-bond donors (Lipinski definition) is 2. The van der Waals surface area contributed by atoms with Gasteiger partial charge in [0.05, 0.1) is 35.5 Å². The third-order valence-corrected chi connectivity index (χ3v) is 6.95. The van der Waals surface area contributed by atoms with Gasteiger partial charge in [-0.1, -0.05) is 61.5 Å². The Balaban J connectivity index is 1.39. The Morgan fingerprint density at radius 2 is 1.87 bits per heavy atom. The maximum absolute atomic E-state index is 15.3. The van der Waals surface area contributed by atoms with Gasteiger partial charge in [-0.15, -0.1) is 0 Å². The summed E-state index contributed by atoms with van der Waals surface area (Å²) in [6.45, 7) is 2.50. The average Bonchev–Trinajstić information content (AvgIpc) is 3.28. The van der Waals surface area contributed by atoms with Gasteiger partial charge in [-0.3, -0.25) is 9.59 Å². The van der Waals surface area contributed by atoms with Crippen LogP contribution in [-0.2, 0) is 16.0 Å². The van der Waals surface area contributed by atoms with Gasteiger partial charge in [0.15, 0.2) is 6.23 Å². The smallest absolute Gasteiger partial charge is 0.269 e. The van der Waals surface area contributed by atoms with Gasteiger partial charge in [0.2, 0.25) is 6.17 Å². The number of amides is 2. The first-order chi connectivity index (χ1) is 19.0. The Hall–Kier alpha value is -4.63. The van der Waals surface area contributed by atoms with Crippen molar-refractivity contribution in [2.45, 2.75) is 32.2 Å². The van der Waals surface area contributed by atoms with Gasteiger partial charge in [0.1, 0.15) is 5.82 Å². The third kappa shape index (κ3) is 4.61. The van der Waals surface area contributed by atoms with E-state index in [0.29, 0.717) is 36.5 Å². The van der Waals surface area contributed by atoms with E-state index in [2.05, 4.69) is 15.7 Å². The first-order valence-electron chi connectivity index (χ1n) is 12.9. The van der Waals surface area contributed by atoms with Crippen LogP contribution in [-0.4, -0.2) is 40.1 Å². The summed E-state index contributed by atoms with van der Waals surface area (Å²) in [5.41, 5.74) is 4.19. The molecule has 39 heavy (non-hydrogen) atoms. The molecular weight excluding hydrogens is 497 g/mol. The highest BCUT2D eigenvalue weighted by atomic mass is 19.1. The average molecular weight is 524 g/mol. The standard InChI is InChI=1S/C30H26FN5O3/c1-2-18-12-13-20(23(31)16-18)27-22(17-32-36(27)25-14-15-39-25)29(37)35-28-30(38)33-24-11-7-6-10-21(24)26(34-28)19-8-4-3-5-9-19/h3-13,16-17,25,28H,2,14-15H2,1H3,(H,33,38)(H,35,37)/t25?,28-/m1/s1. The number of carbonyl (C=O) groups excluding carboxylic acids is 2. The summed E-state index contributed by atoms with van der Waals surface area (Å²) in [5, 5.41) is 9.99. The first-order valence-corrected chi connectivity index (χ1v) is 12.9. The number of fused-ring (bicyclic) bond motifs is 1. The molecule has 0 saturated carbocycles. The predicted molar refractivity (Wildman–Crippen MR) is 145 cm³/mol. The zero-order chi connectivity index (χ0) is 26.9. The number of hydrogen-bond acceptors (Lipinski definition) is 5. The molecule has 0 radical (unpaired) electrons. The number of rotatable bonds is 6. The summed E-state index contributed by atoms with van der Waals surface area (Å²) in [7, 11) is 0. The molecule has 9 heteroatoms. The van der Waals surface area contributed by atoms with Crippen molar-refractivity contribution >= 4 is 23.2 Å². The Bertz CT molecular complexity index is 1590. The second-order valence-electron chi connectivity index (χ2n) is 9.39. The van der Waals surface area contributed by atoms with Gasteiger partial charge in [-0.25, -0.2) is 14.1 Å². The lowest BCUT2D eigenvalue weighted by Crippen LogP contribution is -2.42. The van der Waals surface area contributed by atoms with Gasteiger partial charge < -0.3 is 15.4 Å². The van der Waals surface area contributed by atoms with Crippen LogP contribution in [0.15, 0.2) is 84.0 Å². The van der Waals surface area contributed by atoms with E-state index in [0.717, 1.165) is 16.7 Å². The van der Waals surface area contributed by atoms with Crippen LogP contribution in [0, 0.1) is 5.82 Å². The number of anilines is 1.